The summed E-state index contributed by atoms with van der Waals surface area (Å²) in [5, 5.41) is 7.67. The van der Waals surface area contributed by atoms with Gasteiger partial charge in [-0.15, -0.1) is 0 Å². The largest absolute Gasteiger partial charge is 0.493 e. The van der Waals surface area contributed by atoms with E-state index in [9.17, 15) is 9.59 Å². The van der Waals surface area contributed by atoms with Gasteiger partial charge in [-0.2, -0.15) is 10.2 Å². The van der Waals surface area contributed by atoms with E-state index in [-0.39, 0.29) is 0 Å². The molecule has 0 radical (unpaired) electrons. The summed E-state index contributed by atoms with van der Waals surface area (Å²) in [4.78, 5) is 24.2. The number of carbonyl (C=O) groups is 2. The summed E-state index contributed by atoms with van der Waals surface area (Å²) in [5.41, 5.74) is 7.64. The molecule has 4 aromatic rings. The molecule has 0 unspecified atom stereocenters. The minimum absolute atomic E-state index is 0.389. The number of hydrogen-bond donors (Lipinski definition) is 2. The van der Waals surface area contributed by atoms with Crippen molar-refractivity contribution in [3.8, 4) is 23.0 Å². The molecule has 0 aliphatic carbocycles. The van der Waals surface area contributed by atoms with Crippen LogP contribution in [-0.4, -0.2) is 38.5 Å². The average molecular weight is 567 g/mol. The third-order valence-electron chi connectivity index (χ3n) is 5.82. The van der Waals surface area contributed by atoms with Gasteiger partial charge in [0.2, 0.25) is 0 Å². The SMILES string of the molecule is COc1cc(/C=N/NC(=O)C(=O)N/N=C/c2ccc(OCc3ccccc3)c(OC)c2)ccc1OCc1ccccc1. The highest BCUT2D eigenvalue weighted by atomic mass is 16.5. The van der Waals surface area contributed by atoms with Crippen LogP contribution in [0, 0.1) is 0 Å². The van der Waals surface area contributed by atoms with Crippen molar-refractivity contribution >= 4 is 24.2 Å². The molecule has 10 heteroatoms. The number of nitrogens with zero attached hydrogens (tertiary/aromatic N) is 2. The van der Waals surface area contributed by atoms with E-state index in [0.717, 1.165) is 11.1 Å². The van der Waals surface area contributed by atoms with Gasteiger partial charge in [-0.25, -0.2) is 10.9 Å². The third-order valence-corrected chi connectivity index (χ3v) is 5.82. The van der Waals surface area contributed by atoms with Gasteiger partial charge in [0.05, 0.1) is 26.6 Å². The Morgan fingerprint density at radius 2 is 1.00 bits per heavy atom. The van der Waals surface area contributed by atoms with Gasteiger partial charge in [0.1, 0.15) is 13.2 Å². The van der Waals surface area contributed by atoms with Crippen molar-refractivity contribution in [1.82, 2.24) is 10.9 Å². The molecular weight excluding hydrogens is 536 g/mol. The Bertz CT molecular complexity index is 1420. The Morgan fingerprint density at radius 1 is 0.595 bits per heavy atom. The smallest absolute Gasteiger partial charge is 0.331 e. The Labute approximate surface area is 243 Å². The van der Waals surface area contributed by atoms with Gasteiger partial charge in [0.15, 0.2) is 23.0 Å². The topological polar surface area (TPSA) is 120 Å². The van der Waals surface area contributed by atoms with E-state index in [1.54, 1.807) is 36.4 Å². The highest BCUT2D eigenvalue weighted by Crippen LogP contribution is 2.29. The molecule has 2 amide bonds. The van der Waals surface area contributed by atoms with Crippen LogP contribution in [0.25, 0.3) is 0 Å². The van der Waals surface area contributed by atoms with E-state index in [0.29, 0.717) is 47.3 Å². The molecule has 214 valence electrons. The molecule has 4 aromatic carbocycles. The van der Waals surface area contributed by atoms with Crippen molar-refractivity contribution in [2.75, 3.05) is 14.2 Å². The van der Waals surface area contributed by atoms with Crippen molar-refractivity contribution < 1.29 is 28.5 Å². The second kappa shape index (κ2) is 15.2. The minimum Gasteiger partial charge on any atom is -0.493 e. The van der Waals surface area contributed by atoms with Crippen LogP contribution < -0.4 is 29.8 Å². The van der Waals surface area contributed by atoms with E-state index < -0.39 is 11.8 Å². The first kappa shape index (κ1) is 29.3. The van der Waals surface area contributed by atoms with Crippen molar-refractivity contribution in [1.29, 1.82) is 0 Å². The van der Waals surface area contributed by atoms with Crippen LogP contribution >= 0.6 is 0 Å². The molecule has 0 aliphatic heterocycles. The Morgan fingerprint density at radius 3 is 1.38 bits per heavy atom. The highest BCUT2D eigenvalue weighted by Gasteiger charge is 2.12. The summed E-state index contributed by atoms with van der Waals surface area (Å²) in [6.07, 6.45) is 2.76. The second-order valence-corrected chi connectivity index (χ2v) is 8.77. The molecule has 2 N–H and O–H groups in total. The molecule has 0 aliphatic rings. The van der Waals surface area contributed by atoms with Gasteiger partial charge in [0, 0.05) is 0 Å². The number of ether oxygens (including phenoxy) is 4. The fourth-order valence-corrected chi connectivity index (χ4v) is 3.67. The highest BCUT2D eigenvalue weighted by molar-refractivity contribution is 6.35. The Kier molecular flexibility index (Phi) is 10.6. The third kappa shape index (κ3) is 8.68. The van der Waals surface area contributed by atoms with Gasteiger partial charge < -0.3 is 18.9 Å². The molecule has 10 nitrogen and oxygen atoms in total. The van der Waals surface area contributed by atoms with Crippen LogP contribution in [0.2, 0.25) is 0 Å². The maximum atomic E-state index is 12.1. The van der Waals surface area contributed by atoms with Crippen LogP contribution in [0.15, 0.2) is 107 Å². The van der Waals surface area contributed by atoms with Gasteiger partial charge >= 0.3 is 11.8 Å². The summed E-state index contributed by atoms with van der Waals surface area (Å²) in [5.74, 6) is 0.153. The lowest BCUT2D eigenvalue weighted by atomic mass is 10.2. The summed E-state index contributed by atoms with van der Waals surface area (Å²) in [6, 6.07) is 29.9. The first-order valence-corrected chi connectivity index (χ1v) is 12.9. The average Bonchev–Trinajstić information content (AvgIpc) is 3.04. The quantitative estimate of drug-likeness (QED) is 0.148. The predicted molar refractivity (Wildman–Crippen MR) is 159 cm³/mol. The van der Waals surface area contributed by atoms with Crippen LogP contribution in [0.1, 0.15) is 22.3 Å². The fourth-order valence-electron chi connectivity index (χ4n) is 3.67. The van der Waals surface area contributed by atoms with E-state index in [1.807, 2.05) is 60.7 Å². The molecule has 0 bridgehead atoms. The molecule has 0 spiro atoms. The molecule has 0 aromatic heterocycles. The van der Waals surface area contributed by atoms with Gasteiger partial charge in [-0.1, -0.05) is 60.7 Å². The van der Waals surface area contributed by atoms with Crippen LogP contribution in [0.5, 0.6) is 23.0 Å². The number of rotatable bonds is 12. The number of hydrogen-bond acceptors (Lipinski definition) is 8. The van der Waals surface area contributed by atoms with Crippen molar-refractivity contribution in [2.45, 2.75) is 13.2 Å². The maximum absolute atomic E-state index is 12.1. The van der Waals surface area contributed by atoms with E-state index in [1.165, 1.54) is 26.6 Å². The van der Waals surface area contributed by atoms with Gasteiger partial charge in [-0.3, -0.25) is 9.59 Å². The zero-order valence-electron chi connectivity index (χ0n) is 23.2. The lowest BCUT2D eigenvalue weighted by molar-refractivity contribution is -0.139. The van der Waals surface area contributed by atoms with E-state index >= 15 is 0 Å². The summed E-state index contributed by atoms with van der Waals surface area (Å²) >= 11 is 0. The van der Waals surface area contributed by atoms with E-state index in [2.05, 4.69) is 21.1 Å². The van der Waals surface area contributed by atoms with Crippen LogP contribution in [0.4, 0.5) is 0 Å². The van der Waals surface area contributed by atoms with E-state index in [4.69, 9.17) is 18.9 Å². The van der Waals surface area contributed by atoms with Crippen molar-refractivity contribution in [3.05, 3.63) is 119 Å². The minimum atomic E-state index is -0.986. The lowest BCUT2D eigenvalue weighted by Gasteiger charge is -2.11. The molecule has 0 fully saturated rings. The summed E-state index contributed by atoms with van der Waals surface area (Å²) < 4.78 is 22.5. The number of methoxy groups -OCH3 is 2. The normalized spacial score (nSPS) is 10.8. The first-order chi connectivity index (χ1) is 20.6. The van der Waals surface area contributed by atoms with Crippen molar-refractivity contribution in [3.63, 3.8) is 0 Å². The zero-order chi connectivity index (χ0) is 29.6. The second-order valence-electron chi connectivity index (χ2n) is 8.77. The first-order valence-electron chi connectivity index (χ1n) is 12.9. The Hall–Kier alpha value is -5.64. The monoisotopic (exact) mass is 566 g/mol. The molecule has 42 heavy (non-hydrogen) atoms. The Balaban J connectivity index is 1.25. The van der Waals surface area contributed by atoms with Crippen LogP contribution in [0.3, 0.4) is 0 Å². The molecule has 0 saturated carbocycles. The predicted octanol–water partition coefficient (Wildman–Crippen LogP) is 4.46. The summed E-state index contributed by atoms with van der Waals surface area (Å²) in [7, 11) is 3.06. The number of hydrazone groups is 2. The van der Waals surface area contributed by atoms with Gasteiger partial charge in [0.25, 0.3) is 0 Å². The zero-order valence-corrected chi connectivity index (χ0v) is 23.2. The molecular formula is C32H30N4O6. The molecule has 0 atom stereocenters. The van der Waals surface area contributed by atoms with Crippen molar-refractivity contribution in [2.24, 2.45) is 10.2 Å². The number of benzene rings is 4. The number of carbonyl (C=O) groups excluding carboxylic acids is 2. The molecule has 4 rings (SSSR count). The number of amides is 2. The maximum Gasteiger partial charge on any atom is 0.331 e. The molecule has 0 saturated heterocycles. The fraction of sp³-hybridized carbons (Fsp3) is 0.125. The standard InChI is InChI=1S/C32H30N4O6/c1-39-29-17-25(13-15-27(29)41-21-23-9-5-3-6-10-23)19-33-35-31(37)32(38)36-34-20-26-14-16-28(30(18-26)40-2)42-22-24-11-7-4-8-12-24/h3-20H,21-22H2,1-2H3,(H,35,37)(H,36,38)/b33-19+,34-20+. The van der Waals surface area contributed by atoms with Gasteiger partial charge in [-0.05, 0) is 58.7 Å². The summed E-state index contributed by atoms with van der Waals surface area (Å²) in [6.45, 7) is 0.778. The number of nitrogens with one attached hydrogen (secondary N) is 2. The lowest BCUT2D eigenvalue weighted by Crippen LogP contribution is -2.35. The molecule has 0 heterocycles. The van der Waals surface area contributed by atoms with Crippen LogP contribution in [-0.2, 0) is 22.8 Å².